The lowest BCUT2D eigenvalue weighted by Gasteiger charge is -2.60. The number of rotatable bonds is 12. The molecule has 16 atom stereocenters. The van der Waals surface area contributed by atoms with Crippen LogP contribution in [-0.2, 0) is 38.5 Å². The number of carbonyl (C=O) groups excluding carboxylic acids is 2. The molecule has 10 fully saturated rings. The summed E-state index contributed by atoms with van der Waals surface area (Å²) in [5.74, 6) is 0.882. The Bertz CT molecular complexity index is 1880. The summed E-state index contributed by atoms with van der Waals surface area (Å²) in [5, 5.41) is 6.08. The van der Waals surface area contributed by atoms with Crippen LogP contribution in [0.25, 0.3) is 0 Å². The normalized spacial score (nSPS) is 43.4. The van der Waals surface area contributed by atoms with Gasteiger partial charge in [0.25, 0.3) is 11.8 Å². The first kappa shape index (κ1) is 43.5. The molecule has 344 valence electrons. The monoisotopic (exact) mass is 874 g/mol. The molecule has 4 bridgehead atoms. The smallest absolute Gasteiger partial charge is 0.251 e. The Morgan fingerprint density at radius 1 is 0.587 bits per heavy atom. The third-order valence-electron chi connectivity index (χ3n) is 16.3. The number of unbranched alkanes of at least 4 members (excludes halogenated alkanes) is 2. The van der Waals surface area contributed by atoms with Crippen LogP contribution in [0.1, 0.15) is 133 Å². The number of fused-ring (bicyclic) bond motifs is 4. The number of hydrogen-bond donors (Lipinski definition) is 2. The third-order valence-corrected chi connectivity index (χ3v) is 16.3. The summed E-state index contributed by atoms with van der Waals surface area (Å²) in [6, 6.07) is 14.5. The van der Waals surface area contributed by atoms with E-state index in [-0.39, 0.29) is 47.3 Å². The van der Waals surface area contributed by atoms with E-state index in [0.717, 1.165) is 70.6 Å². The summed E-state index contributed by atoms with van der Waals surface area (Å²) < 4.78 is 39.1. The van der Waals surface area contributed by atoms with E-state index in [9.17, 15) is 9.59 Å². The highest BCUT2D eigenvalue weighted by molar-refractivity contribution is 5.95. The van der Waals surface area contributed by atoms with Crippen LogP contribution in [0.3, 0.4) is 0 Å². The average molecular weight is 875 g/mol. The van der Waals surface area contributed by atoms with Crippen LogP contribution in [0.15, 0.2) is 48.5 Å². The number of amides is 2. The summed E-state index contributed by atoms with van der Waals surface area (Å²) in [4.78, 5) is 50.9. The molecule has 12 rings (SSSR count). The van der Waals surface area contributed by atoms with Crippen LogP contribution in [0.2, 0.25) is 0 Å². The second-order valence-corrected chi connectivity index (χ2v) is 20.4. The molecule has 2 N–H and O–H groups in total. The Morgan fingerprint density at radius 3 is 1.48 bits per heavy atom. The van der Waals surface area contributed by atoms with Gasteiger partial charge in [0, 0.05) is 60.7 Å². The van der Waals surface area contributed by atoms with Gasteiger partial charge in [0.15, 0.2) is 23.8 Å². The van der Waals surface area contributed by atoms with Crippen molar-refractivity contribution in [3.05, 3.63) is 59.7 Å². The molecule has 2 amide bonds. The molecule has 6 unspecified atom stereocenters. The predicted molar refractivity (Wildman–Crippen MR) is 226 cm³/mol. The molecule has 2 aromatic rings. The maximum absolute atomic E-state index is 13.2. The van der Waals surface area contributed by atoms with Gasteiger partial charge in [-0.3, -0.25) is 9.59 Å². The van der Waals surface area contributed by atoms with Crippen LogP contribution in [0.5, 0.6) is 11.5 Å². The van der Waals surface area contributed by atoms with Gasteiger partial charge >= 0.3 is 0 Å². The molecule has 63 heavy (non-hydrogen) atoms. The van der Waals surface area contributed by atoms with Crippen LogP contribution in [0.4, 0.5) is 0 Å². The fraction of sp³-hybridized carbons (Fsp3) is 0.714. The minimum absolute atomic E-state index is 0.0124. The summed E-state index contributed by atoms with van der Waals surface area (Å²) >= 11 is 0. The van der Waals surface area contributed by atoms with E-state index in [1.807, 2.05) is 38.1 Å². The zero-order chi connectivity index (χ0) is 43.7. The average Bonchev–Trinajstić information content (AvgIpc) is 3.65. The molecular weight excluding hydrogens is 809 g/mol. The molecule has 14 heteroatoms. The Balaban J connectivity index is 0.672. The van der Waals surface area contributed by atoms with Crippen molar-refractivity contribution < 1.29 is 57.6 Å². The van der Waals surface area contributed by atoms with Crippen molar-refractivity contribution in [2.75, 3.05) is 13.1 Å². The van der Waals surface area contributed by atoms with Crippen molar-refractivity contribution >= 4 is 11.8 Å². The van der Waals surface area contributed by atoms with Crippen molar-refractivity contribution in [2.24, 2.45) is 47.3 Å². The fourth-order valence-electron chi connectivity index (χ4n) is 12.7. The van der Waals surface area contributed by atoms with Gasteiger partial charge in [-0.05, 0) is 132 Å². The van der Waals surface area contributed by atoms with E-state index >= 15 is 0 Å². The molecular formula is C49H66N2O12. The first-order valence-electron chi connectivity index (χ1n) is 23.8. The zero-order valence-electron chi connectivity index (χ0n) is 37.6. The molecule has 8 heterocycles. The minimum atomic E-state index is -0.859. The van der Waals surface area contributed by atoms with Crippen molar-refractivity contribution in [3.63, 3.8) is 0 Å². The van der Waals surface area contributed by atoms with Crippen molar-refractivity contribution in [3.8, 4) is 11.5 Å². The van der Waals surface area contributed by atoms with Gasteiger partial charge in [-0.15, -0.1) is 0 Å². The SMILES string of the molecule is C[C@@H]1CCC2[C@@H](C)[C@@H](Oc3cccc(C(=O)NCCCCCNC(=O)c4cccc(O[C@H]5OC6O[C@]7(C)CCC8[C@H](C)CCC([C@H]5C)[C@@]68OO7)c4)c3)OC3O[C@@]4(C)CCC1[C@]32OO4. The largest absolute Gasteiger partial charge is 0.465 e. The lowest BCUT2D eigenvalue weighted by Crippen LogP contribution is -2.70. The first-order chi connectivity index (χ1) is 30.3. The van der Waals surface area contributed by atoms with Crippen LogP contribution in [0, 0.1) is 47.3 Å². The standard InChI is InChI=1S/C49H66N2O12/c1-28-16-18-38-30(3)42(56-44-48(38)36(28)20-22-46(5,58-44)60-62-48)54-34-14-10-12-32(26-34)40(52)50-24-8-7-9-25-51-41(53)33-13-11-15-35(27-33)55-43-31(4)39-19-17-29(2)37-21-23-47(6)59-45(57-43)49(37,39)63-61-47/h10-15,26-31,36-39,42-45H,7-9,16-25H2,1-6H3,(H,50,52)(H,51,53)/t28-,29-,30-,31-,36?,37?,38?,39?,42+,43+,44?,45?,46-,47+,48-,49-/m1/s1. The Hall–Kier alpha value is -3.34. The van der Waals surface area contributed by atoms with Gasteiger partial charge in [-0.25, -0.2) is 19.6 Å². The van der Waals surface area contributed by atoms with Crippen LogP contribution in [-0.4, -0.2) is 72.8 Å². The third kappa shape index (κ3) is 7.67. The number of ether oxygens (including phenoxy) is 6. The summed E-state index contributed by atoms with van der Waals surface area (Å²) in [7, 11) is 0. The van der Waals surface area contributed by atoms with E-state index in [0.29, 0.717) is 47.6 Å². The van der Waals surface area contributed by atoms with Crippen LogP contribution < -0.4 is 20.1 Å². The molecule has 2 saturated carbocycles. The van der Waals surface area contributed by atoms with E-state index in [4.69, 9.17) is 48.0 Å². The number of nitrogens with one attached hydrogen (secondary N) is 2. The van der Waals surface area contributed by atoms with Gasteiger partial charge in [-0.1, -0.05) is 39.8 Å². The maximum Gasteiger partial charge on any atom is 0.251 e. The van der Waals surface area contributed by atoms with E-state index < -0.39 is 47.9 Å². The second kappa shape index (κ2) is 16.8. The fourth-order valence-corrected chi connectivity index (χ4v) is 12.7. The lowest BCUT2D eigenvalue weighted by atomic mass is 9.58. The molecule has 0 aromatic heterocycles. The topological polar surface area (TPSA) is 150 Å². The Kier molecular flexibility index (Phi) is 11.6. The molecule has 8 aliphatic heterocycles. The predicted octanol–water partition coefficient (Wildman–Crippen LogP) is 8.19. The molecule has 2 aliphatic carbocycles. The molecule has 10 aliphatic rings. The lowest BCUT2D eigenvalue weighted by molar-refractivity contribution is -0.575. The van der Waals surface area contributed by atoms with Gasteiger partial charge in [0.2, 0.25) is 24.2 Å². The van der Waals surface area contributed by atoms with Gasteiger partial charge in [0.05, 0.1) is 0 Å². The number of benzene rings is 2. The number of carbonyl (C=O) groups is 2. The Morgan fingerprint density at radius 2 is 1.03 bits per heavy atom. The van der Waals surface area contributed by atoms with Crippen LogP contribution >= 0.6 is 0 Å². The van der Waals surface area contributed by atoms with Crippen molar-refractivity contribution in [1.29, 1.82) is 0 Å². The van der Waals surface area contributed by atoms with Crippen molar-refractivity contribution in [1.82, 2.24) is 10.6 Å². The van der Waals surface area contributed by atoms with Gasteiger partial charge in [-0.2, -0.15) is 0 Å². The first-order valence-corrected chi connectivity index (χ1v) is 23.8. The second-order valence-electron chi connectivity index (χ2n) is 20.4. The summed E-state index contributed by atoms with van der Waals surface area (Å²) in [5.41, 5.74) is -0.294. The van der Waals surface area contributed by atoms with E-state index in [1.54, 1.807) is 24.3 Å². The zero-order valence-corrected chi connectivity index (χ0v) is 37.6. The molecule has 8 saturated heterocycles. The Labute approximate surface area is 370 Å². The van der Waals surface area contributed by atoms with E-state index in [1.165, 1.54) is 0 Å². The summed E-state index contributed by atoms with van der Waals surface area (Å²) in [6.45, 7) is 13.8. The molecule has 14 nitrogen and oxygen atoms in total. The molecule has 2 spiro atoms. The highest BCUT2D eigenvalue weighted by Crippen LogP contribution is 2.62. The van der Waals surface area contributed by atoms with Crippen molar-refractivity contribution in [2.45, 2.75) is 160 Å². The highest BCUT2D eigenvalue weighted by atomic mass is 17.3. The minimum Gasteiger partial charge on any atom is -0.465 e. The number of hydrogen-bond acceptors (Lipinski definition) is 12. The summed E-state index contributed by atoms with van der Waals surface area (Å²) in [6.07, 6.45) is 7.63. The van der Waals surface area contributed by atoms with Gasteiger partial charge < -0.3 is 39.1 Å². The highest BCUT2D eigenvalue weighted by Gasteiger charge is 2.71. The van der Waals surface area contributed by atoms with Gasteiger partial charge in [0.1, 0.15) is 11.5 Å². The maximum atomic E-state index is 13.2. The quantitative estimate of drug-likeness (QED) is 0.156. The molecule has 0 radical (unpaired) electrons. The van der Waals surface area contributed by atoms with E-state index in [2.05, 4.69) is 38.3 Å². The molecule has 2 aromatic carbocycles.